The maximum atomic E-state index is 4.13. The van der Waals surface area contributed by atoms with E-state index in [1.165, 1.54) is 5.52 Å². The van der Waals surface area contributed by atoms with Gasteiger partial charge in [0, 0.05) is 12.0 Å². The van der Waals surface area contributed by atoms with E-state index in [1.807, 2.05) is 28.9 Å². The van der Waals surface area contributed by atoms with Gasteiger partial charge in [-0.1, -0.05) is 6.07 Å². The Kier molecular flexibility index (Phi) is 0.998. The van der Waals surface area contributed by atoms with Crippen molar-refractivity contribution < 1.29 is 0 Å². The second-order valence-electron chi connectivity index (χ2n) is 1.80. The van der Waals surface area contributed by atoms with Crippen LogP contribution in [-0.4, -0.2) is 9.38 Å². The van der Waals surface area contributed by atoms with Crippen molar-refractivity contribution >= 4 is 13.9 Å². The molecule has 0 aromatic carbocycles. The van der Waals surface area contributed by atoms with Crippen molar-refractivity contribution in [2.75, 3.05) is 0 Å². The SMILES string of the molecule is c1ccn2npcc2c1. The molecule has 0 aliphatic heterocycles. The molecule has 0 saturated carbocycles. The molecule has 9 heavy (non-hydrogen) atoms. The number of hydrogen-bond donors (Lipinski definition) is 0. The number of pyridine rings is 1. The standard InChI is InChI=1S/C6H5N2P/c1-2-4-8-6(3-1)5-9-7-8/h1-5H. The summed E-state index contributed by atoms with van der Waals surface area (Å²) in [7, 11) is 1.04. The van der Waals surface area contributed by atoms with Crippen molar-refractivity contribution in [2.45, 2.75) is 0 Å². The highest BCUT2D eigenvalue weighted by Crippen LogP contribution is 2.06. The summed E-state index contributed by atoms with van der Waals surface area (Å²) in [6.45, 7) is 0. The minimum absolute atomic E-state index is 1.04. The molecule has 0 atom stereocenters. The first kappa shape index (κ1) is 4.95. The van der Waals surface area contributed by atoms with Crippen LogP contribution in [0.25, 0.3) is 5.52 Å². The van der Waals surface area contributed by atoms with Crippen LogP contribution in [0, 0.1) is 0 Å². The van der Waals surface area contributed by atoms with Crippen molar-refractivity contribution in [3.63, 3.8) is 0 Å². The van der Waals surface area contributed by atoms with Crippen LogP contribution >= 0.6 is 8.35 Å². The van der Waals surface area contributed by atoms with Crippen molar-refractivity contribution in [3.05, 3.63) is 30.2 Å². The van der Waals surface area contributed by atoms with E-state index in [0.717, 1.165) is 8.35 Å². The molecule has 0 aliphatic rings. The zero-order valence-electron chi connectivity index (χ0n) is 4.73. The summed E-state index contributed by atoms with van der Waals surface area (Å²) >= 11 is 0. The van der Waals surface area contributed by atoms with E-state index >= 15 is 0 Å². The summed E-state index contributed by atoms with van der Waals surface area (Å²) in [4.78, 5) is 4.13. The molecular weight excluding hydrogens is 131 g/mol. The van der Waals surface area contributed by atoms with Gasteiger partial charge in [0.05, 0.1) is 13.9 Å². The van der Waals surface area contributed by atoms with Gasteiger partial charge in [0.25, 0.3) is 0 Å². The first-order chi connectivity index (χ1) is 4.47. The molecule has 0 radical (unpaired) electrons. The molecule has 0 amide bonds. The Morgan fingerprint density at radius 3 is 3.33 bits per heavy atom. The topological polar surface area (TPSA) is 17.3 Å². The normalized spacial score (nSPS) is 11.1. The van der Waals surface area contributed by atoms with Crippen LogP contribution < -0.4 is 0 Å². The molecule has 2 aromatic rings. The minimum atomic E-state index is 1.04. The molecule has 3 heteroatoms. The lowest BCUT2D eigenvalue weighted by molar-refractivity contribution is 1.01. The molecule has 2 nitrogen and oxygen atoms in total. The van der Waals surface area contributed by atoms with Crippen LogP contribution in [-0.2, 0) is 0 Å². The molecule has 0 saturated heterocycles. The highest BCUT2D eigenvalue weighted by atomic mass is 31.0. The summed E-state index contributed by atoms with van der Waals surface area (Å²) in [5, 5.41) is 0. The molecule has 0 unspecified atom stereocenters. The Hall–Kier alpha value is -0.880. The average molecular weight is 136 g/mol. The third-order valence-electron chi connectivity index (χ3n) is 1.21. The van der Waals surface area contributed by atoms with Crippen molar-refractivity contribution in [3.8, 4) is 0 Å². The maximum absolute atomic E-state index is 4.13. The van der Waals surface area contributed by atoms with E-state index in [0.29, 0.717) is 0 Å². The fraction of sp³-hybridized carbons (Fsp3) is 0. The quantitative estimate of drug-likeness (QED) is 0.540. The highest BCUT2D eigenvalue weighted by molar-refractivity contribution is 7.24. The van der Waals surface area contributed by atoms with Gasteiger partial charge >= 0.3 is 0 Å². The highest BCUT2D eigenvalue weighted by Gasteiger charge is 1.86. The first-order valence-electron chi connectivity index (χ1n) is 2.72. The molecule has 0 N–H and O–H groups in total. The molecule has 0 spiro atoms. The van der Waals surface area contributed by atoms with E-state index in [1.54, 1.807) is 0 Å². The number of aromatic nitrogens is 2. The summed E-state index contributed by atoms with van der Waals surface area (Å²) < 4.78 is 1.88. The molecule has 0 fully saturated rings. The van der Waals surface area contributed by atoms with E-state index in [-0.39, 0.29) is 0 Å². The van der Waals surface area contributed by atoms with Gasteiger partial charge < -0.3 is 0 Å². The van der Waals surface area contributed by atoms with Gasteiger partial charge in [0.15, 0.2) is 0 Å². The lowest BCUT2D eigenvalue weighted by Gasteiger charge is -1.86. The van der Waals surface area contributed by atoms with Gasteiger partial charge in [-0.2, -0.15) is 0 Å². The third-order valence-corrected chi connectivity index (χ3v) is 1.88. The summed E-state index contributed by atoms with van der Waals surface area (Å²) in [6, 6.07) is 6.03. The summed E-state index contributed by atoms with van der Waals surface area (Å²) in [5.41, 5.74) is 1.18. The summed E-state index contributed by atoms with van der Waals surface area (Å²) in [5.74, 6) is 2.07. The minimum Gasteiger partial charge on any atom is -0.237 e. The van der Waals surface area contributed by atoms with Gasteiger partial charge in [0.1, 0.15) is 0 Å². The number of nitrogens with zero attached hydrogens (tertiary/aromatic N) is 2. The van der Waals surface area contributed by atoms with Gasteiger partial charge in [0.2, 0.25) is 0 Å². The molecular formula is C6H5N2P. The van der Waals surface area contributed by atoms with Crippen LogP contribution in [0.1, 0.15) is 0 Å². The van der Waals surface area contributed by atoms with Gasteiger partial charge in [-0.05, 0) is 12.1 Å². The summed E-state index contributed by atoms with van der Waals surface area (Å²) in [6.07, 6.45) is 1.95. The number of rotatable bonds is 0. The lowest BCUT2D eigenvalue weighted by atomic mass is 10.4. The lowest BCUT2D eigenvalue weighted by Crippen LogP contribution is -1.80. The average Bonchev–Trinajstić information content (AvgIpc) is 2.33. The largest absolute Gasteiger partial charge is 0.237 e. The van der Waals surface area contributed by atoms with Crippen LogP contribution in [0.3, 0.4) is 0 Å². The molecule has 2 aromatic heterocycles. The fourth-order valence-electron chi connectivity index (χ4n) is 0.772. The van der Waals surface area contributed by atoms with Crippen molar-refractivity contribution in [1.82, 2.24) is 9.38 Å². The maximum Gasteiger partial charge on any atom is 0.0710 e. The van der Waals surface area contributed by atoms with E-state index in [2.05, 4.69) is 10.7 Å². The van der Waals surface area contributed by atoms with Crippen LogP contribution in [0.2, 0.25) is 0 Å². The third kappa shape index (κ3) is 0.718. The Labute approximate surface area is 54.3 Å². The predicted molar refractivity (Wildman–Crippen MR) is 37.7 cm³/mol. The van der Waals surface area contributed by atoms with Crippen LogP contribution in [0.4, 0.5) is 0 Å². The van der Waals surface area contributed by atoms with Crippen LogP contribution in [0.15, 0.2) is 30.2 Å². The molecule has 2 rings (SSSR count). The van der Waals surface area contributed by atoms with E-state index in [9.17, 15) is 0 Å². The molecule has 2 heterocycles. The smallest absolute Gasteiger partial charge is 0.0710 e. The Bertz CT molecular complexity index is 285. The zero-order valence-corrected chi connectivity index (χ0v) is 5.62. The number of fused-ring (bicyclic) bond motifs is 1. The van der Waals surface area contributed by atoms with Gasteiger partial charge in [-0.25, -0.2) is 4.52 Å². The molecule has 0 bridgehead atoms. The Balaban J connectivity index is 2.95. The second-order valence-corrected chi connectivity index (χ2v) is 2.47. The van der Waals surface area contributed by atoms with Gasteiger partial charge in [-0.15, -0.1) is 4.86 Å². The predicted octanol–water partition coefficient (Wildman–Crippen LogP) is 1.91. The zero-order chi connectivity index (χ0) is 6.10. The van der Waals surface area contributed by atoms with Crippen molar-refractivity contribution in [2.24, 2.45) is 0 Å². The Morgan fingerprint density at radius 2 is 2.44 bits per heavy atom. The monoisotopic (exact) mass is 136 g/mol. The van der Waals surface area contributed by atoms with Crippen molar-refractivity contribution in [1.29, 1.82) is 0 Å². The Morgan fingerprint density at radius 1 is 1.44 bits per heavy atom. The second kappa shape index (κ2) is 1.82. The molecule has 44 valence electrons. The number of hydrogen-bond acceptors (Lipinski definition) is 1. The van der Waals surface area contributed by atoms with Gasteiger partial charge in [-0.3, -0.25) is 0 Å². The van der Waals surface area contributed by atoms with Crippen LogP contribution in [0.5, 0.6) is 0 Å². The first-order valence-corrected chi connectivity index (χ1v) is 3.63. The van der Waals surface area contributed by atoms with E-state index in [4.69, 9.17) is 0 Å². The van der Waals surface area contributed by atoms with E-state index < -0.39 is 0 Å². The molecule has 0 aliphatic carbocycles. The fourth-order valence-corrected chi connectivity index (χ4v) is 1.42.